The van der Waals surface area contributed by atoms with Crippen molar-refractivity contribution in [2.45, 2.75) is 57.3 Å². The van der Waals surface area contributed by atoms with Crippen molar-refractivity contribution in [1.82, 2.24) is 10.6 Å². The lowest BCUT2D eigenvalue weighted by Crippen LogP contribution is -2.60. The Bertz CT molecular complexity index is 1370. The second-order valence-corrected chi connectivity index (χ2v) is 10.1. The molecule has 0 aromatic heterocycles. The lowest BCUT2D eigenvalue weighted by atomic mass is 9.90. The SMILES string of the molecule is CC(C)[C@H](NC1(c2c(F)cc(F)c(F)c2F)CCCCO1)C(=O)N[C@@H](CC(=O)O)C(=O)COc1c(F)c(F)cc(F)c1F. The Balaban J connectivity index is 1.89. The summed E-state index contributed by atoms with van der Waals surface area (Å²) in [5, 5.41) is 14.0. The minimum atomic E-state index is -2.20. The van der Waals surface area contributed by atoms with Gasteiger partial charge in [-0.05, 0) is 25.2 Å². The number of carboxylic acid groups (broad SMARTS) is 1. The van der Waals surface area contributed by atoms with Crippen LogP contribution in [0.1, 0.15) is 45.1 Å². The predicted octanol–water partition coefficient (Wildman–Crippen LogP) is 4.37. The fourth-order valence-electron chi connectivity index (χ4n) is 4.50. The van der Waals surface area contributed by atoms with Crippen molar-refractivity contribution in [3.05, 3.63) is 64.2 Å². The van der Waals surface area contributed by atoms with E-state index in [1.54, 1.807) is 0 Å². The topological polar surface area (TPSA) is 114 Å². The summed E-state index contributed by atoms with van der Waals surface area (Å²) in [7, 11) is 0. The van der Waals surface area contributed by atoms with Crippen molar-refractivity contribution in [2.24, 2.45) is 5.92 Å². The van der Waals surface area contributed by atoms with Crippen molar-refractivity contribution in [1.29, 1.82) is 0 Å². The molecule has 3 N–H and O–H groups in total. The summed E-state index contributed by atoms with van der Waals surface area (Å²) >= 11 is 0. The van der Waals surface area contributed by atoms with Gasteiger partial charge in [-0.2, -0.15) is 8.78 Å². The van der Waals surface area contributed by atoms with E-state index in [-0.39, 0.29) is 31.6 Å². The highest BCUT2D eigenvalue weighted by molar-refractivity contribution is 5.94. The van der Waals surface area contributed by atoms with Crippen LogP contribution in [-0.2, 0) is 24.8 Å². The number of rotatable bonds is 12. The zero-order valence-corrected chi connectivity index (χ0v) is 22.6. The first-order valence-electron chi connectivity index (χ1n) is 12.8. The highest BCUT2D eigenvalue weighted by atomic mass is 19.2. The standard InChI is InChI=1S/C27H26F8N2O6/c1-11(2)24(37-27(5-3-4-6-43-27)19-12(28)7-13(29)20(32)23(19)35)26(41)36-16(9-18(39)40)17(38)10-42-25-21(33)14(30)8-15(31)22(25)34/h7-8,11,16,24,37H,3-6,9-10H2,1-2H3,(H,36,41)(H,39,40)/t16-,24-,27?/m0/s1. The molecule has 2 aromatic rings. The van der Waals surface area contributed by atoms with E-state index in [0.717, 1.165) is 0 Å². The highest BCUT2D eigenvalue weighted by Crippen LogP contribution is 2.38. The molecule has 3 rings (SSSR count). The molecule has 1 unspecified atom stereocenters. The molecular weight excluding hydrogens is 600 g/mol. The van der Waals surface area contributed by atoms with Crippen LogP contribution in [0.25, 0.3) is 0 Å². The van der Waals surface area contributed by atoms with Crippen LogP contribution in [0.15, 0.2) is 12.1 Å². The van der Waals surface area contributed by atoms with Gasteiger partial charge in [-0.1, -0.05) is 13.8 Å². The van der Waals surface area contributed by atoms with Gasteiger partial charge in [0.15, 0.2) is 46.3 Å². The summed E-state index contributed by atoms with van der Waals surface area (Å²) in [6, 6.07) is -3.44. The maximum absolute atomic E-state index is 14.9. The van der Waals surface area contributed by atoms with E-state index in [1.165, 1.54) is 13.8 Å². The molecule has 2 aromatic carbocycles. The van der Waals surface area contributed by atoms with Crippen LogP contribution in [-0.4, -0.2) is 48.1 Å². The number of halogens is 8. The molecule has 3 atom stereocenters. The van der Waals surface area contributed by atoms with Crippen LogP contribution in [0.2, 0.25) is 0 Å². The van der Waals surface area contributed by atoms with Gasteiger partial charge < -0.3 is 19.9 Å². The number of carboxylic acids is 1. The molecular formula is C27H26F8N2O6. The quantitative estimate of drug-likeness (QED) is 0.182. The van der Waals surface area contributed by atoms with Gasteiger partial charge in [0.25, 0.3) is 0 Å². The first-order valence-corrected chi connectivity index (χ1v) is 12.8. The summed E-state index contributed by atoms with van der Waals surface area (Å²) < 4.78 is 123. The number of aliphatic carboxylic acids is 1. The molecule has 16 heteroatoms. The van der Waals surface area contributed by atoms with Crippen molar-refractivity contribution in [3.8, 4) is 5.75 Å². The Morgan fingerprint density at radius 1 is 0.907 bits per heavy atom. The third kappa shape index (κ3) is 7.41. The Morgan fingerprint density at radius 3 is 2.02 bits per heavy atom. The highest BCUT2D eigenvalue weighted by Gasteiger charge is 2.45. The molecule has 1 saturated heterocycles. The molecule has 0 radical (unpaired) electrons. The van der Waals surface area contributed by atoms with Crippen LogP contribution in [0, 0.1) is 52.5 Å². The molecule has 0 saturated carbocycles. The zero-order chi connectivity index (χ0) is 32.2. The Morgan fingerprint density at radius 2 is 1.49 bits per heavy atom. The van der Waals surface area contributed by atoms with Gasteiger partial charge in [0.1, 0.15) is 18.5 Å². The Kier molecular flexibility index (Phi) is 10.7. The van der Waals surface area contributed by atoms with E-state index in [4.69, 9.17) is 4.74 Å². The average molecular weight is 626 g/mol. The van der Waals surface area contributed by atoms with Gasteiger partial charge in [0, 0.05) is 18.7 Å². The van der Waals surface area contributed by atoms with Gasteiger partial charge in [-0.3, -0.25) is 19.7 Å². The van der Waals surface area contributed by atoms with Crippen LogP contribution < -0.4 is 15.4 Å². The number of ether oxygens (including phenoxy) is 2. The zero-order valence-electron chi connectivity index (χ0n) is 22.6. The lowest BCUT2D eigenvalue weighted by Gasteiger charge is -2.42. The van der Waals surface area contributed by atoms with Gasteiger partial charge in [0.05, 0.1) is 18.0 Å². The molecule has 1 fully saturated rings. The number of Topliss-reactive ketones (excluding diaryl/α,β-unsaturated/α-hetero) is 1. The lowest BCUT2D eigenvalue weighted by molar-refractivity contribution is -0.144. The molecule has 1 aliphatic heterocycles. The van der Waals surface area contributed by atoms with E-state index >= 15 is 0 Å². The van der Waals surface area contributed by atoms with Crippen molar-refractivity contribution in [3.63, 3.8) is 0 Å². The number of hydrogen-bond donors (Lipinski definition) is 3. The van der Waals surface area contributed by atoms with Crippen LogP contribution in [0.5, 0.6) is 5.75 Å². The number of carbonyl (C=O) groups is 3. The molecule has 1 amide bonds. The maximum Gasteiger partial charge on any atom is 0.305 e. The maximum atomic E-state index is 14.9. The number of benzene rings is 2. The van der Waals surface area contributed by atoms with E-state index < -0.39 is 112 Å². The molecule has 8 nitrogen and oxygen atoms in total. The number of ketones is 1. The van der Waals surface area contributed by atoms with Gasteiger partial charge in [-0.15, -0.1) is 0 Å². The summed E-state index contributed by atoms with van der Waals surface area (Å²) in [5.74, 6) is -21.2. The summed E-state index contributed by atoms with van der Waals surface area (Å²) in [4.78, 5) is 37.5. The Labute approximate surface area is 239 Å². The largest absolute Gasteiger partial charge is 0.481 e. The monoisotopic (exact) mass is 626 g/mol. The third-order valence-electron chi connectivity index (χ3n) is 6.64. The van der Waals surface area contributed by atoms with E-state index in [9.17, 15) is 54.6 Å². The summed E-state index contributed by atoms with van der Waals surface area (Å²) in [6.07, 6.45) is -0.618. The molecule has 0 spiro atoms. The van der Waals surface area contributed by atoms with Crippen LogP contribution in [0.3, 0.4) is 0 Å². The normalized spacial score (nSPS) is 18.3. The molecule has 43 heavy (non-hydrogen) atoms. The molecule has 236 valence electrons. The third-order valence-corrected chi connectivity index (χ3v) is 6.64. The van der Waals surface area contributed by atoms with Crippen molar-refractivity contribution < 1.29 is 64.1 Å². The molecule has 0 aliphatic carbocycles. The second kappa shape index (κ2) is 13.7. The van der Waals surface area contributed by atoms with E-state index in [0.29, 0.717) is 6.42 Å². The molecule has 1 heterocycles. The Hall–Kier alpha value is -3.79. The number of hydrogen-bond acceptors (Lipinski definition) is 6. The van der Waals surface area contributed by atoms with E-state index in [2.05, 4.69) is 15.4 Å². The number of nitrogens with one attached hydrogen (secondary N) is 2. The number of carbonyl (C=O) groups excluding carboxylic acids is 2. The first-order chi connectivity index (χ1) is 20.1. The molecule has 0 bridgehead atoms. The minimum Gasteiger partial charge on any atom is -0.481 e. The van der Waals surface area contributed by atoms with Gasteiger partial charge in [0.2, 0.25) is 17.5 Å². The first kappa shape index (κ1) is 33.7. The summed E-state index contributed by atoms with van der Waals surface area (Å²) in [5.41, 5.74) is -3.23. The van der Waals surface area contributed by atoms with Gasteiger partial charge >= 0.3 is 5.97 Å². The van der Waals surface area contributed by atoms with E-state index in [1.807, 2.05) is 0 Å². The minimum absolute atomic E-state index is 0.104. The summed E-state index contributed by atoms with van der Waals surface area (Å²) in [6.45, 7) is 1.45. The van der Waals surface area contributed by atoms with Gasteiger partial charge in [-0.25, -0.2) is 26.3 Å². The second-order valence-electron chi connectivity index (χ2n) is 10.1. The van der Waals surface area contributed by atoms with Crippen LogP contribution >= 0.6 is 0 Å². The van der Waals surface area contributed by atoms with Crippen molar-refractivity contribution >= 4 is 17.7 Å². The number of amides is 1. The molecule has 1 aliphatic rings. The fraction of sp³-hybridized carbons (Fsp3) is 0.444. The van der Waals surface area contributed by atoms with Crippen molar-refractivity contribution in [2.75, 3.05) is 13.2 Å². The fourth-order valence-corrected chi connectivity index (χ4v) is 4.50. The smallest absolute Gasteiger partial charge is 0.305 e. The van der Waals surface area contributed by atoms with Crippen LogP contribution in [0.4, 0.5) is 35.1 Å². The average Bonchev–Trinajstić information content (AvgIpc) is 2.93. The predicted molar refractivity (Wildman–Crippen MR) is 130 cm³/mol.